The maximum Gasteiger partial charge on any atom is 0.233 e. The van der Waals surface area contributed by atoms with Gasteiger partial charge >= 0.3 is 0 Å². The van der Waals surface area contributed by atoms with Gasteiger partial charge in [0.1, 0.15) is 5.75 Å². The van der Waals surface area contributed by atoms with Gasteiger partial charge in [0.2, 0.25) is 11.1 Å². The highest BCUT2D eigenvalue weighted by Crippen LogP contribution is 2.27. The molecule has 146 valence electrons. The van der Waals surface area contributed by atoms with Gasteiger partial charge in [-0.2, -0.15) is 0 Å². The van der Waals surface area contributed by atoms with Gasteiger partial charge in [-0.05, 0) is 36.2 Å². The van der Waals surface area contributed by atoms with Crippen molar-refractivity contribution in [1.29, 1.82) is 0 Å². The minimum absolute atomic E-state index is 0.0506. The molecule has 0 bridgehead atoms. The first-order valence-corrected chi connectivity index (χ1v) is 9.83. The minimum atomic E-state index is -0.307. The number of nitrogens with two attached hydrogens (primary N) is 1. The molecular formula is C20H23N5O2S. The Morgan fingerprint density at radius 1 is 1.18 bits per heavy atom. The van der Waals surface area contributed by atoms with E-state index in [0.717, 1.165) is 16.9 Å². The number of aromatic nitrogens is 3. The van der Waals surface area contributed by atoms with Crippen LogP contribution >= 0.6 is 11.8 Å². The number of carbonyl (C=O) groups excluding carboxylic acids is 1. The molecule has 2 aromatic carbocycles. The second-order valence-corrected chi connectivity index (χ2v) is 7.29. The molecular weight excluding hydrogens is 374 g/mol. The molecule has 3 rings (SSSR count). The summed E-state index contributed by atoms with van der Waals surface area (Å²) in [6.45, 7) is 2.45. The molecule has 8 heteroatoms. The van der Waals surface area contributed by atoms with Crippen LogP contribution in [0.3, 0.4) is 0 Å². The van der Waals surface area contributed by atoms with Crippen LogP contribution in [0.2, 0.25) is 0 Å². The molecule has 0 aliphatic carbocycles. The van der Waals surface area contributed by atoms with Gasteiger partial charge in [0.15, 0.2) is 5.82 Å². The van der Waals surface area contributed by atoms with Crippen LogP contribution in [-0.2, 0) is 11.3 Å². The number of nitrogens with one attached hydrogen (secondary N) is 1. The predicted octanol–water partition coefficient (Wildman–Crippen LogP) is 2.85. The largest absolute Gasteiger partial charge is 0.497 e. The Morgan fingerprint density at radius 2 is 1.89 bits per heavy atom. The average molecular weight is 398 g/mol. The number of methoxy groups -OCH3 is 1. The highest BCUT2D eigenvalue weighted by Gasteiger charge is 2.22. The summed E-state index contributed by atoms with van der Waals surface area (Å²) in [6, 6.07) is 17.2. The Kier molecular flexibility index (Phi) is 6.54. The first-order chi connectivity index (χ1) is 13.6. The van der Waals surface area contributed by atoms with Crippen LogP contribution in [0.5, 0.6) is 5.75 Å². The van der Waals surface area contributed by atoms with E-state index in [0.29, 0.717) is 23.9 Å². The van der Waals surface area contributed by atoms with Crippen molar-refractivity contribution >= 4 is 17.7 Å². The lowest BCUT2D eigenvalue weighted by Crippen LogP contribution is -2.32. The summed E-state index contributed by atoms with van der Waals surface area (Å²) in [6.07, 6.45) is 0.649. The van der Waals surface area contributed by atoms with Crippen molar-refractivity contribution in [1.82, 2.24) is 20.2 Å². The van der Waals surface area contributed by atoms with Gasteiger partial charge in [-0.15, -0.1) is 10.2 Å². The molecule has 3 N–H and O–H groups in total. The number of hydrogen-bond donors (Lipinski definition) is 2. The van der Waals surface area contributed by atoms with Gasteiger partial charge in [-0.1, -0.05) is 49.0 Å². The zero-order valence-corrected chi connectivity index (χ0v) is 16.6. The summed E-state index contributed by atoms with van der Waals surface area (Å²) in [5, 5.41) is 11.5. The van der Waals surface area contributed by atoms with Crippen molar-refractivity contribution in [2.45, 2.75) is 30.3 Å². The van der Waals surface area contributed by atoms with Gasteiger partial charge in [-0.3, -0.25) is 4.79 Å². The molecule has 0 spiro atoms. The molecule has 28 heavy (non-hydrogen) atoms. The maximum absolute atomic E-state index is 12.6. The van der Waals surface area contributed by atoms with Gasteiger partial charge < -0.3 is 15.9 Å². The van der Waals surface area contributed by atoms with E-state index >= 15 is 0 Å². The van der Waals surface area contributed by atoms with Crippen molar-refractivity contribution in [2.75, 3.05) is 13.0 Å². The summed E-state index contributed by atoms with van der Waals surface area (Å²) in [5.41, 5.74) is 1.88. The highest BCUT2D eigenvalue weighted by molar-refractivity contribution is 8.00. The fourth-order valence-electron chi connectivity index (χ4n) is 2.64. The third-order valence-electron chi connectivity index (χ3n) is 4.23. The van der Waals surface area contributed by atoms with E-state index in [-0.39, 0.29) is 11.2 Å². The number of amides is 1. The molecule has 0 saturated carbocycles. The first kappa shape index (κ1) is 19.8. The third-order valence-corrected chi connectivity index (χ3v) is 5.55. The molecule has 0 fully saturated rings. The van der Waals surface area contributed by atoms with Crippen molar-refractivity contribution in [2.24, 2.45) is 0 Å². The molecule has 1 aromatic heterocycles. The van der Waals surface area contributed by atoms with E-state index in [2.05, 4.69) is 15.5 Å². The van der Waals surface area contributed by atoms with Gasteiger partial charge in [0.05, 0.1) is 12.4 Å². The zero-order valence-electron chi connectivity index (χ0n) is 15.8. The topological polar surface area (TPSA) is 95.1 Å². The zero-order chi connectivity index (χ0) is 19.9. The van der Waals surface area contributed by atoms with Gasteiger partial charge in [-0.25, -0.2) is 4.68 Å². The number of carbonyl (C=O) groups is 1. The molecule has 1 heterocycles. The SMILES string of the molecule is CCC(Sc1nnc(-c2ccc(OC)cc2)n1N)C(=O)NCc1ccccc1. The lowest BCUT2D eigenvalue weighted by atomic mass is 10.2. The molecule has 3 aromatic rings. The van der Waals surface area contributed by atoms with E-state index in [4.69, 9.17) is 10.6 Å². The number of thioether (sulfide) groups is 1. The number of benzene rings is 2. The Hall–Kier alpha value is -3.00. The Balaban J connectivity index is 1.67. The van der Waals surface area contributed by atoms with Crippen LogP contribution in [0.15, 0.2) is 59.8 Å². The van der Waals surface area contributed by atoms with E-state index in [1.165, 1.54) is 16.4 Å². The van der Waals surface area contributed by atoms with Crippen molar-refractivity contribution in [3.63, 3.8) is 0 Å². The lowest BCUT2D eigenvalue weighted by molar-refractivity contribution is -0.120. The number of ether oxygens (including phenoxy) is 1. The van der Waals surface area contributed by atoms with Crippen molar-refractivity contribution < 1.29 is 9.53 Å². The summed E-state index contributed by atoms with van der Waals surface area (Å²) in [7, 11) is 1.61. The second kappa shape index (κ2) is 9.27. The van der Waals surface area contributed by atoms with Crippen molar-refractivity contribution in [3.05, 3.63) is 60.2 Å². The minimum Gasteiger partial charge on any atom is -0.497 e. The Morgan fingerprint density at radius 3 is 2.54 bits per heavy atom. The first-order valence-electron chi connectivity index (χ1n) is 8.95. The Bertz CT molecular complexity index is 912. The van der Waals surface area contributed by atoms with Gasteiger partial charge in [0.25, 0.3) is 0 Å². The van der Waals surface area contributed by atoms with Crippen LogP contribution in [0.4, 0.5) is 0 Å². The smallest absolute Gasteiger partial charge is 0.233 e. The third kappa shape index (κ3) is 4.64. The predicted molar refractivity (Wildman–Crippen MR) is 110 cm³/mol. The van der Waals surface area contributed by atoms with E-state index in [1.54, 1.807) is 7.11 Å². The summed E-state index contributed by atoms with van der Waals surface area (Å²) in [5.74, 6) is 7.42. The van der Waals surface area contributed by atoms with E-state index in [9.17, 15) is 4.79 Å². The number of nitrogen functional groups attached to an aromatic ring is 1. The normalized spacial score (nSPS) is 11.8. The van der Waals surface area contributed by atoms with Crippen LogP contribution in [0, 0.1) is 0 Å². The van der Waals surface area contributed by atoms with Crippen molar-refractivity contribution in [3.8, 4) is 17.1 Å². The standard InChI is InChI=1S/C20H23N5O2S/c1-3-17(19(26)22-13-14-7-5-4-6-8-14)28-20-24-23-18(25(20)21)15-9-11-16(27-2)12-10-15/h4-12,17H,3,13,21H2,1-2H3,(H,22,26). The number of hydrogen-bond acceptors (Lipinski definition) is 6. The summed E-state index contributed by atoms with van der Waals surface area (Å²) >= 11 is 1.31. The molecule has 1 atom stereocenters. The fourth-order valence-corrected chi connectivity index (χ4v) is 3.54. The number of nitrogens with zero attached hydrogens (tertiary/aromatic N) is 3. The lowest BCUT2D eigenvalue weighted by Gasteiger charge is -2.14. The monoisotopic (exact) mass is 397 g/mol. The number of rotatable bonds is 8. The molecule has 0 saturated heterocycles. The second-order valence-electron chi connectivity index (χ2n) is 6.12. The van der Waals surface area contributed by atoms with Crippen LogP contribution < -0.4 is 15.9 Å². The molecule has 0 aliphatic heterocycles. The van der Waals surface area contributed by atoms with Crippen LogP contribution in [-0.4, -0.2) is 33.1 Å². The molecule has 0 radical (unpaired) electrons. The summed E-state index contributed by atoms with van der Waals surface area (Å²) < 4.78 is 6.58. The van der Waals surface area contributed by atoms with Crippen LogP contribution in [0.1, 0.15) is 18.9 Å². The van der Waals surface area contributed by atoms with E-state index < -0.39 is 0 Å². The molecule has 1 amide bonds. The highest BCUT2D eigenvalue weighted by atomic mass is 32.2. The molecule has 1 unspecified atom stereocenters. The van der Waals surface area contributed by atoms with Gasteiger partial charge in [0, 0.05) is 12.1 Å². The fraction of sp³-hybridized carbons (Fsp3) is 0.250. The maximum atomic E-state index is 12.6. The molecule has 7 nitrogen and oxygen atoms in total. The average Bonchev–Trinajstić information content (AvgIpc) is 3.11. The molecule has 0 aliphatic rings. The van der Waals surface area contributed by atoms with E-state index in [1.807, 2.05) is 61.5 Å². The van der Waals surface area contributed by atoms with Crippen LogP contribution in [0.25, 0.3) is 11.4 Å². The Labute approximate surface area is 168 Å². The summed E-state index contributed by atoms with van der Waals surface area (Å²) in [4.78, 5) is 12.6. The quantitative estimate of drug-likeness (QED) is 0.448.